The fraction of sp³-hybridized carbons (Fsp3) is 0.409. The molecule has 1 heterocycles. The normalized spacial score (nSPS) is 17.6. The van der Waals surface area contributed by atoms with Gasteiger partial charge in [-0.3, -0.25) is 4.79 Å². The summed E-state index contributed by atoms with van der Waals surface area (Å²) >= 11 is 0. The number of hydrogen-bond donors (Lipinski definition) is 2. The van der Waals surface area contributed by atoms with Crippen molar-refractivity contribution in [2.24, 2.45) is 0 Å². The van der Waals surface area contributed by atoms with Gasteiger partial charge >= 0.3 is 0 Å². The second-order valence-electron chi connectivity index (χ2n) is 7.83. The van der Waals surface area contributed by atoms with Gasteiger partial charge in [0, 0.05) is 36.1 Å². The largest absolute Gasteiger partial charge is 0.371 e. The minimum absolute atomic E-state index is 0.00851. The van der Waals surface area contributed by atoms with Gasteiger partial charge in [0.15, 0.2) is 0 Å². The maximum Gasteiger partial charge on any atom is 0.255 e. The molecule has 1 amide bonds. The van der Waals surface area contributed by atoms with E-state index < -0.39 is 10.0 Å². The molecule has 2 N–H and O–H groups in total. The van der Waals surface area contributed by atoms with Crippen LogP contribution >= 0.6 is 0 Å². The molecule has 0 bridgehead atoms. The van der Waals surface area contributed by atoms with Crippen molar-refractivity contribution in [3.63, 3.8) is 0 Å². The number of sulfonamides is 1. The number of anilines is 2. The van der Waals surface area contributed by atoms with Crippen LogP contribution in [0.25, 0.3) is 0 Å². The topological polar surface area (TPSA) is 78.5 Å². The summed E-state index contributed by atoms with van der Waals surface area (Å²) in [6.45, 7) is 2.07. The number of rotatable bonds is 6. The summed E-state index contributed by atoms with van der Waals surface area (Å²) in [7, 11) is -3.63. The van der Waals surface area contributed by atoms with Crippen molar-refractivity contribution in [2.45, 2.75) is 49.5 Å². The van der Waals surface area contributed by atoms with Gasteiger partial charge in [-0.1, -0.05) is 25.0 Å². The maximum atomic E-state index is 12.7. The third kappa shape index (κ3) is 4.79. The molecule has 0 unspecified atom stereocenters. The summed E-state index contributed by atoms with van der Waals surface area (Å²) in [5.74, 6) is -0.318. The van der Waals surface area contributed by atoms with E-state index in [1.807, 2.05) is 24.3 Å². The predicted molar refractivity (Wildman–Crippen MR) is 115 cm³/mol. The third-order valence-electron chi connectivity index (χ3n) is 5.66. The van der Waals surface area contributed by atoms with E-state index in [1.165, 1.54) is 25.0 Å². The number of nitrogens with zero attached hydrogens (tertiary/aromatic N) is 1. The summed E-state index contributed by atoms with van der Waals surface area (Å²) in [6.07, 6.45) is 6.21. The highest BCUT2D eigenvalue weighted by molar-refractivity contribution is 7.89. The van der Waals surface area contributed by atoms with E-state index in [2.05, 4.69) is 14.9 Å². The number of benzene rings is 2. The van der Waals surface area contributed by atoms with Crippen LogP contribution in [0.5, 0.6) is 0 Å². The van der Waals surface area contributed by atoms with Gasteiger partial charge in [-0.2, -0.15) is 0 Å². The Bertz CT molecular complexity index is 978. The SMILES string of the molecule is O=C(Nc1cccc(N2CCCC2)c1)c1cccc(S(=O)(=O)NC2CCCC2)c1. The van der Waals surface area contributed by atoms with Gasteiger partial charge in [-0.15, -0.1) is 0 Å². The van der Waals surface area contributed by atoms with E-state index in [0.29, 0.717) is 11.3 Å². The molecule has 0 radical (unpaired) electrons. The van der Waals surface area contributed by atoms with E-state index in [0.717, 1.165) is 44.5 Å². The van der Waals surface area contributed by atoms with E-state index in [1.54, 1.807) is 12.1 Å². The molecular weight excluding hydrogens is 386 g/mol. The Morgan fingerprint density at radius 2 is 1.66 bits per heavy atom. The molecular formula is C22H27N3O3S. The quantitative estimate of drug-likeness (QED) is 0.756. The first-order valence-corrected chi connectivity index (χ1v) is 11.8. The van der Waals surface area contributed by atoms with Crippen LogP contribution in [0.3, 0.4) is 0 Å². The molecule has 1 saturated heterocycles. The summed E-state index contributed by atoms with van der Waals surface area (Å²) in [5.41, 5.74) is 2.13. The summed E-state index contributed by atoms with van der Waals surface area (Å²) in [4.78, 5) is 15.2. The summed E-state index contributed by atoms with van der Waals surface area (Å²) in [6, 6.07) is 14.0. The average molecular weight is 414 g/mol. The first-order chi connectivity index (χ1) is 14.0. The van der Waals surface area contributed by atoms with Gasteiger partial charge in [0.1, 0.15) is 0 Å². The molecule has 1 aliphatic heterocycles. The van der Waals surface area contributed by atoms with Crippen molar-refractivity contribution in [1.29, 1.82) is 0 Å². The highest BCUT2D eigenvalue weighted by Gasteiger charge is 2.23. The maximum absolute atomic E-state index is 12.7. The zero-order chi connectivity index (χ0) is 20.3. The summed E-state index contributed by atoms with van der Waals surface area (Å²) in [5, 5.41) is 2.89. The molecule has 6 nitrogen and oxygen atoms in total. The van der Waals surface area contributed by atoms with Crippen LogP contribution in [0.4, 0.5) is 11.4 Å². The number of hydrogen-bond acceptors (Lipinski definition) is 4. The first kappa shape index (κ1) is 19.9. The second kappa shape index (κ2) is 8.55. The van der Waals surface area contributed by atoms with Crippen molar-refractivity contribution < 1.29 is 13.2 Å². The molecule has 2 aromatic rings. The number of carbonyl (C=O) groups is 1. The molecule has 2 aliphatic rings. The Labute approximate surface area is 172 Å². The number of carbonyl (C=O) groups excluding carboxylic acids is 1. The van der Waals surface area contributed by atoms with Crippen LogP contribution < -0.4 is 14.9 Å². The minimum Gasteiger partial charge on any atom is -0.371 e. The van der Waals surface area contributed by atoms with E-state index in [9.17, 15) is 13.2 Å². The minimum atomic E-state index is -3.63. The zero-order valence-corrected chi connectivity index (χ0v) is 17.2. The molecule has 1 aliphatic carbocycles. The van der Waals surface area contributed by atoms with Crippen LogP contribution in [0.1, 0.15) is 48.9 Å². The molecule has 154 valence electrons. The van der Waals surface area contributed by atoms with Crippen LogP contribution in [-0.4, -0.2) is 33.5 Å². The molecule has 2 fully saturated rings. The highest BCUT2D eigenvalue weighted by Crippen LogP contribution is 2.24. The lowest BCUT2D eigenvalue weighted by Gasteiger charge is -2.18. The Balaban J connectivity index is 1.48. The highest BCUT2D eigenvalue weighted by atomic mass is 32.2. The monoisotopic (exact) mass is 413 g/mol. The Morgan fingerprint density at radius 1 is 0.931 bits per heavy atom. The smallest absolute Gasteiger partial charge is 0.255 e. The predicted octanol–water partition coefficient (Wildman–Crippen LogP) is 3.76. The lowest BCUT2D eigenvalue weighted by atomic mass is 10.2. The van der Waals surface area contributed by atoms with Crippen LogP contribution in [-0.2, 0) is 10.0 Å². The standard InChI is InChI=1S/C22H27N3O3S/c26-22(23-19-10-6-11-20(16-19)25-13-3-4-14-25)17-7-5-12-21(15-17)29(27,28)24-18-8-1-2-9-18/h5-7,10-12,15-16,18,24H,1-4,8-9,13-14H2,(H,23,26). The van der Waals surface area contributed by atoms with E-state index in [4.69, 9.17) is 0 Å². The zero-order valence-electron chi connectivity index (χ0n) is 16.4. The van der Waals surface area contributed by atoms with Crippen molar-refractivity contribution in [3.8, 4) is 0 Å². The van der Waals surface area contributed by atoms with Gasteiger partial charge in [-0.05, 0) is 62.1 Å². The van der Waals surface area contributed by atoms with Crippen LogP contribution in [0.2, 0.25) is 0 Å². The molecule has 7 heteroatoms. The fourth-order valence-electron chi connectivity index (χ4n) is 4.09. The number of amides is 1. The fourth-order valence-corrected chi connectivity index (χ4v) is 5.45. The van der Waals surface area contributed by atoms with Crippen molar-refractivity contribution in [1.82, 2.24) is 4.72 Å². The van der Waals surface area contributed by atoms with Crippen LogP contribution in [0.15, 0.2) is 53.4 Å². The van der Waals surface area contributed by atoms with E-state index >= 15 is 0 Å². The van der Waals surface area contributed by atoms with Crippen molar-refractivity contribution in [2.75, 3.05) is 23.3 Å². The number of nitrogens with one attached hydrogen (secondary N) is 2. The molecule has 4 rings (SSSR count). The van der Waals surface area contributed by atoms with Crippen molar-refractivity contribution >= 4 is 27.3 Å². The molecule has 2 aromatic carbocycles. The molecule has 0 atom stereocenters. The van der Waals surface area contributed by atoms with Gasteiger partial charge in [0.2, 0.25) is 10.0 Å². The Morgan fingerprint density at radius 3 is 2.41 bits per heavy atom. The van der Waals surface area contributed by atoms with Crippen LogP contribution in [0, 0.1) is 0 Å². The lowest BCUT2D eigenvalue weighted by molar-refractivity contribution is 0.102. The Hall–Kier alpha value is -2.38. The first-order valence-electron chi connectivity index (χ1n) is 10.3. The van der Waals surface area contributed by atoms with Gasteiger partial charge in [0.25, 0.3) is 5.91 Å². The molecule has 29 heavy (non-hydrogen) atoms. The van der Waals surface area contributed by atoms with Gasteiger partial charge < -0.3 is 10.2 Å². The van der Waals surface area contributed by atoms with Gasteiger partial charge in [0.05, 0.1) is 4.90 Å². The Kier molecular flexibility index (Phi) is 5.87. The lowest BCUT2D eigenvalue weighted by Crippen LogP contribution is -2.32. The molecule has 1 saturated carbocycles. The summed E-state index contributed by atoms with van der Waals surface area (Å²) < 4.78 is 28.1. The molecule has 0 aromatic heterocycles. The van der Waals surface area contributed by atoms with E-state index in [-0.39, 0.29) is 16.8 Å². The van der Waals surface area contributed by atoms with Gasteiger partial charge in [-0.25, -0.2) is 13.1 Å². The average Bonchev–Trinajstić information content (AvgIpc) is 3.42. The second-order valence-corrected chi connectivity index (χ2v) is 9.54. The molecule has 0 spiro atoms. The van der Waals surface area contributed by atoms with Crippen molar-refractivity contribution in [3.05, 3.63) is 54.1 Å². The third-order valence-corrected chi connectivity index (χ3v) is 7.18.